The molecule has 0 N–H and O–H groups in total. The maximum absolute atomic E-state index is 13.2. The molecule has 1 aromatic heterocycles. The maximum Gasteiger partial charge on any atom is 0.225 e. The highest BCUT2D eigenvalue weighted by Gasteiger charge is 2.32. The Labute approximate surface area is 170 Å². The van der Waals surface area contributed by atoms with Crippen molar-refractivity contribution in [3.05, 3.63) is 48.0 Å². The Morgan fingerprint density at radius 2 is 2.03 bits per heavy atom. The van der Waals surface area contributed by atoms with Gasteiger partial charge in [-0.2, -0.15) is 0 Å². The minimum absolute atomic E-state index is 0.0167. The number of methoxy groups -OCH3 is 2. The van der Waals surface area contributed by atoms with Crippen LogP contribution in [-0.2, 0) is 4.79 Å². The molecular weight excluding hydrogens is 368 g/mol. The number of aromatic nitrogens is 3. The maximum atomic E-state index is 13.2. The van der Waals surface area contributed by atoms with Gasteiger partial charge in [-0.05, 0) is 44.0 Å². The van der Waals surface area contributed by atoms with Gasteiger partial charge in [0.15, 0.2) is 0 Å². The normalized spacial score (nSPS) is 17.5. The van der Waals surface area contributed by atoms with Crippen molar-refractivity contribution in [1.29, 1.82) is 0 Å². The van der Waals surface area contributed by atoms with Crippen molar-refractivity contribution in [2.75, 3.05) is 20.8 Å². The van der Waals surface area contributed by atoms with E-state index in [2.05, 4.69) is 10.3 Å². The summed E-state index contributed by atoms with van der Waals surface area (Å²) in [5.74, 6) is 1.62. The van der Waals surface area contributed by atoms with E-state index in [-0.39, 0.29) is 18.0 Å². The summed E-state index contributed by atoms with van der Waals surface area (Å²) in [5.41, 5.74) is 2.81. The first-order chi connectivity index (χ1) is 14.1. The molecule has 2 aromatic carbocycles. The fourth-order valence-corrected chi connectivity index (χ4v) is 4.15. The van der Waals surface area contributed by atoms with Gasteiger partial charge >= 0.3 is 0 Å². The molecule has 0 radical (unpaired) electrons. The third kappa shape index (κ3) is 3.64. The third-order valence-corrected chi connectivity index (χ3v) is 5.64. The van der Waals surface area contributed by atoms with E-state index in [0.717, 1.165) is 47.5 Å². The van der Waals surface area contributed by atoms with Crippen LogP contribution in [0.15, 0.2) is 42.5 Å². The number of likely N-dealkylation sites (tertiary alicyclic amines) is 1. The van der Waals surface area contributed by atoms with E-state index < -0.39 is 0 Å². The van der Waals surface area contributed by atoms with E-state index in [9.17, 15) is 4.79 Å². The number of carbonyl (C=O) groups is 1. The molecule has 7 nitrogen and oxygen atoms in total. The first kappa shape index (κ1) is 19.2. The topological polar surface area (TPSA) is 69.5 Å². The summed E-state index contributed by atoms with van der Waals surface area (Å²) in [5, 5.41) is 8.47. The number of benzene rings is 2. The molecule has 1 amide bonds. The van der Waals surface area contributed by atoms with Crippen LogP contribution >= 0.6 is 0 Å². The highest BCUT2D eigenvalue weighted by Crippen LogP contribution is 2.39. The average Bonchev–Trinajstić information content (AvgIpc) is 3.40. The number of amides is 1. The predicted octanol–water partition coefficient (Wildman–Crippen LogP) is 3.76. The van der Waals surface area contributed by atoms with Crippen molar-refractivity contribution in [2.45, 2.75) is 38.3 Å². The summed E-state index contributed by atoms with van der Waals surface area (Å²) < 4.78 is 12.7. The van der Waals surface area contributed by atoms with Gasteiger partial charge in [0.05, 0.1) is 31.8 Å². The Morgan fingerprint density at radius 3 is 2.83 bits per heavy atom. The average molecular weight is 394 g/mol. The molecule has 1 saturated heterocycles. The first-order valence-electron chi connectivity index (χ1n) is 9.93. The van der Waals surface area contributed by atoms with Crippen LogP contribution in [0.1, 0.15) is 43.8 Å². The number of nitrogens with zero attached hydrogens (tertiary/aromatic N) is 4. The van der Waals surface area contributed by atoms with Gasteiger partial charge in [-0.3, -0.25) is 4.79 Å². The summed E-state index contributed by atoms with van der Waals surface area (Å²) >= 11 is 0. The number of fused-ring (bicyclic) bond motifs is 1. The fourth-order valence-electron chi connectivity index (χ4n) is 4.15. The van der Waals surface area contributed by atoms with Crippen molar-refractivity contribution in [3.63, 3.8) is 0 Å². The molecule has 0 spiro atoms. The summed E-state index contributed by atoms with van der Waals surface area (Å²) in [4.78, 5) is 15.2. The Hall–Kier alpha value is -3.09. The molecule has 2 heterocycles. The van der Waals surface area contributed by atoms with Crippen LogP contribution in [-0.4, -0.2) is 46.6 Å². The van der Waals surface area contributed by atoms with Gasteiger partial charge in [0, 0.05) is 24.6 Å². The number of hydrogen-bond acceptors (Lipinski definition) is 5. The first-order valence-corrected chi connectivity index (χ1v) is 9.93. The van der Waals surface area contributed by atoms with Gasteiger partial charge in [-0.1, -0.05) is 17.3 Å². The zero-order chi connectivity index (χ0) is 20.4. The lowest BCUT2D eigenvalue weighted by molar-refractivity contribution is -0.132. The van der Waals surface area contributed by atoms with Gasteiger partial charge in [0.25, 0.3) is 0 Å². The van der Waals surface area contributed by atoms with Crippen LogP contribution in [0.2, 0.25) is 0 Å². The fraction of sp³-hybridized carbons (Fsp3) is 0.409. The molecule has 0 unspecified atom stereocenters. The molecule has 1 aliphatic heterocycles. The van der Waals surface area contributed by atoms with Crippen molar-refractivity contribution < 1.29 is 14.3 Å². The molecule has 0 bridgehead atoms. The number of ether oxygens (including phenoxy) is 2. The van der Waals surface area contributed by atoms with Crippen molar-refractivity contribution in [1.82, 2.24) is 19.9 Å². The van der Waals surface area contributed by atoms with Crippen LogP contribution in [0.25, 0.3) is 11.0 Å². The SMILES string of the molecule is COc1ccc([C@@H]2CCCN2C(=O)C[C@@H](C)n2nnc3ccccc32)c(OC)c1. The molecule has 0 saturated carbocycles. The molecule has 2 atom stereocenters. The monoisotopic (exact) mass is 394 g/mol. The van der Waals surface area contributed by atoms with Gasteiger partial charge in [-0.15, -0.1) is 5.10 Å². The van der Waals surface area contributed by atoms with Gasteiger partial charge < -0.3 is 14.4 Å². The zero-order valence-electron chi connectivity index (χ0n) is 17.0. The molecule has 7 heteroatoms. The lowest BCUT2D eigenvalue weighted by atomic mass is 10.0. The third-order valence-electron chi connectivity index (χ3n) is 5.64. The van der Waals surface area contributed by atoms with E-state index in [0.29, 0.717) is 6.42 Å². The number of rotatable bonds is 6. The Balaban J connectivity index is 1.54. The van der Waals surface area contributed by atoms with Crippen molar-refractivity contribution >= 4 is 16.9 Å². The standard InChI is InChI=1S/C22H26N4O3/c1-15(26-20-8-5-4-7-18(20)23-24-26)13-22(27)25-12-6-9-19(25)17-11-10-16(28-2)14-21(17)29-3/h4-5,7-8,10-11,14-15,19H,6,9,12-13H2,1-3H3/t15-,19+/m1/s1. The number of carbonyl (C=O) groups excluding carboxylic acids is 1. The molecule has 1 aliphatic rings. The number of para-hydroxylation sites is 1. The summed E-state index contributed by atoms with van der Waals surface area (Å²) in [7, 11) is 3.28. The highest BCUT2D eigenvalue weighted by atomic mass is 16.5. The second-order valence-electron chi connectivity index (χ2n) is 7.43. The second kappa shape index (κ2) is 8.11. The van der Waals surface area contributed by atoms with Crippen LogP contribution < -0.4 is 9.47 Å². The van der Waals surface area contributed by atoms with Gasteiger partial charge in [0.2, 0.25) is 5.91 Å². The lowest BCUT2D eigenvalue weighted by Crippen LogP contribution is -2.32. The van der Waals surface area contributed by atoms with Crippen LogP contribution in [0, 0.1) is 0 Å². The summed E-state index contributed by atoms with van der Waals surface area (Å²) in [6, 6.07) is 13.6. The van der Waals surface area contributed by atoms with Gasteiger partial charge in [-0.25, -0.2) is 4.68 Å². The largest absolute Gasteiger partial charge is 0.497 e. The Morgan fingerprint density at radius 1 is 1.21 bits per heavy atom. The predicted molar refractivity (Wildman–Crippen MR) is 110 cm³/mol. The summed E-state index contributed by atoms with van der Waals surface area (Å²) in [6.45, 7) is 2.77. The Kier molecular flexibility index (Phi) is 5.38. The zero-order valence-corrected chi connectivity index (χ0v) is 17.0. The molecule has 4 rings (SSSR count). The minimum atomic E-state index is -0.0751. The van der Waals surface area contributed by atoms with Crippen LogP contribution in [0.3, 0.4) is 0 Å². The van der Waals surface area contributed by atoms with Crippen LogP contribution in [0.4, 0.5) is 0 Å². The van der Waals surface area contributed by atoms with E-state index in [1.165, 1.54) is 0 Å². The molecular formula is C22H26N4O3. The molecule has 0 aliphatic carbocycles. The molecule has 3 aromatic rings. The molecule has 1 fully saturated rings. The van der Waals surface area contributed by atoms with Crippen molar-refractivity contribution in [2.24, 2.45) is 0 Å². The van der Waals surface area contributed by atoms with Gasteiger partial charge in [0.1, 0.15) is 17.0 Å². The van der Waals surface area contributed by atoms with E-state index in [1.807, 2.05) is 59.0 Å². The summed E-state index contributed by atoms with van der Waals surface area (Å²) in [6.07, 6.45) is 2.28. The molecule has 29 heavy (non-hydrogen) atoms. The quantitative estimate of drug-likeness (QED) is 0.637. The highest BCUT2D eigenvalue weighted by molar-refractivity contribution is 5.78. The lowest BCUT2D eigenvalue weighted by Gasteiger charge is -2.27. The number of hydrogen-bond donors (Lipinski definition) is 0. The van der Waals surface area contributed by atoms with Crippen molar-refractivity contribution in [3.8, 4) is 11.5 Å². The van der Waals surface area contributed by atoms with E-state index in [4.69, 9.17) is 9.47 Å². The second-order valence-corrected chi connectivity index (χ2v) is 7.43. The Bertz CT molecular complexity index is 1020. The van der Waals surface area contributed by atoms with E-state index in [1.54, 1.807) is 14.2 Å². The van der Waals surface area contributed by atoms with Crippen LogP contribution in [0.5, 0.6) is 11.5 Å². The minimum Gasteiger partial charge on any atom is -0.497 e. The smallest absolute Gasteiger partial charge is 0.225 e. The van der Waals surface area contributed by atoms with E-state index >= 15 is 0 Å². The molecule has 152 valence electrons.